The van der Waals surface area contributed by atoms with Gasteiger partial charge in [-0.3, -0.25) is 14.2 Å². The molecule has 1 amide bonds. The van der Waals surface area contributed by atoms with Gasteiger partial charge in [-0.05, 0) is 51.4 Å². The number of hydrogen-bond acceptors (Lipinski definition) is 4. The third-order valence-corrected chi connectivity index (χ3v) is 5.68. The number of carbonyl (C=O) groups excluding carboxylic acids is 1. The van der Waals surface area contributed by atoms with Crippen molar-refractivity contribution in [3.8, 4) is 0 Å². The number of amides is 1. The number of rotatable bonds is 3. The second-order valence-electron chi connectivity index (χ2n) is 7.18. The zero-order chi connectivity index (χ0) is 17.4. The van der Waals surface area contributed by atoms with Crippen LogP contribution in [0.3, 0.4) is 0 Å². The zero-order valence-electron chi connectivity index (χ0n) is 14.6. The average molecular weight is 340 g/mol. The number of para-hydroxylation sites is 1. The van der Waals surface area contributed by atoms with Gasteiger partial charge >= 0.3 is 0 Å². The van der Waals surface area contributed by atoms with Crippen molar-refractivity contribution in [3.63, 3.8) is 0 Å². The van der Waals surface area contributed by atoms with E-state index < -0.39 is 0 Å². The van der Waals surface area contributed by atoms with E-state index in [4.69, 9.17) is 0 Å². The molecule has 0 saturated carbocycles. The minimum Gasteiger partial charge on any atom is -0.337 e. The van der Waals surface area contributed by atoms with Crippen LogP contribution in [0.25, 0.3) is 10.9 Å². The topological polar surface area (TPSA) is 58.4 Å². The van der Waals surface area contributed by atoms with Gasteiger partial charge in [0.2, 0.25) is 5.91 Å². The first-order valence-electron chi connectivity index (χ1n) is 9.09. The SMILES string of the molecule is CN1CCCC1C1CCCN1C(=O)Cn1cnc2ccccc2c1=O. The first-order chi connectivity index (χ1) is 12.1. The largest absolute Gasteiger partial charge is 0.337 e. The molecule has 2 atom stereocenters. The number of benzene rings is 1. The lowest BCUT2D eigenvalue weighted by molar-refractivity contribution is -0.133. The molecule has 132 valence electrons. The van der Waals surface area contributed by atoms with Gasteiger partial charge in [0.15, 0.2) is 0 Å². The van der Waals surface area contributed by atoms with E-state index >= 15 is 0 Å². The first kappa shape index (κ1) is 16.3. The fourth-order valence-corrected chi connectivity index (χ4v) is 4.38. The Morgan fingerprint density at radius 3 is 2.72 bits per heavy atom. The quantitative estimate of drug-likeness (QED) is 0.849. The Kier molecular flexibility index (Phi) is 4.29. The predicted octanol–water partition coefficient (Wildman–Crippen LogP) is 1.48. The highest BCUT2D eigenvalue weighted by atomic mass is 16.2. The van der Waals surface area contributed by atoms with Crippen LogP contribution < -0.4 is 5.56 Å². The van der Waals surface area contributed by atoms with Crippen LogP contribution in [-0.4, -0.2) is 57.5 Å². The molecule has 4 rings (SSSR count). The molecule has 2 aromatic rings. The summed E-state index contributed by atoms with van der Waals surface area (Å²) in [7, 11) is 2.15. The van der Waals surface area contributed by atoms with Crippen LogP contribution in [0.1, 0.15) is 25.7 Å². The van der Waals surface area contributed by atoms with Crippen LogP contribution in [0.15, 0.2) is 35.4 Å². The lowest BCUT2D eigenvalue weighted by Crippen LogP contribution is -2.48. The van der Waals surface area contributed by atoms with E-state index in [2.05, 4.69) is 16.9 Å². The number of hydrogen-bond donors (Lipinski definition) is 0. The van der Waals surface area contributed by atoms with Crippen molar-refractivity contribution in [2.75, 3.05) is 20.1 Å². The Labute approximate surface area is 147 Å². The smallest absolute Gasteiger partial charge is 0.261 e. The van der Waals surface area contributed by atoms with E-state index in [0.717, 1.165) is 32.4 Å². The monoisotopic (exact) mass is 340 g/mol. The molecule has 2 aliphatic heterocycles. The molecule has 0 bridgehead atoms. The fourth-order valence-electron chi connectivity index (χ4n) is 4.38. The molecule has 3 heterocycles. The Bertz CT molecular complexity index is 847. The van der Waals surface area contributed by atoms with Gasteiger partial charge < -0.3 is 9.80 Å². The molecule has 1 aromatic heterocycles. The molecule has 1 aromatic carbocycles. The van der Waals surface area contributed by atoms with Crippen LogP contribution in [0.2, 0.25) is 0 Å². The molecule has 2 saturated heterocycles. The van der Waals surface area contributed by atoms with Crippen molar-refractivity contribution in [2.45, 2.75) is 44.3 Å². The van der Waals surface area contributed by atoms with Gasteiger partial charge in [-0.2, -0.15) is 0 Å². The summed E-state index contributed by atoms with van der Waals surface area (Å²) in [5, 5.41) is 0.561. The molecule has 0 aliphatic carbocycles. The van der Waals surface area contributed by atoms with Crippen LogP contribution in [0.5, 0.6) is 0 Å². The van der Waals surface area contributed by atoms with Crippen molar-refractivity contribution in [3.05, 3.63) is 40.9 Å². The summed E-state index contributed by atoms with van der Waals surface area (Å²) in [6.45, 7) is 1.98. The summed E-state index contributed by atoms with van der Waals surface area (Å²) < 4.78 is 1.44. The second kappa shape index (κ2) is 6.59. The minimum absolute atomic E-state index is 0.0296. The van der Waals surface area contributed by atoms with Gasteiger partial charge in [-0.15, -0.1) is 0 Å². The van der Waals surface area contributed by atoms with Gasteiger partial charge in [0.05, 0.1) is 17.2 Å². The highest BCUT2D eigenvalue weighted by Gasteiger charge is 2.38. The highest BCUT2D eigenvalue weighted by molar-refractivity contribution is 5.79. The molecule has 6 heteroatoms. The Morgan fingerprint density at radius 2 is 1.92 bits per heavy atom. The summed E-state index contributed by atoms with van der Waals surface area (Å²) in [5.74, 6) is 0.0296. The molecule has 25 heavy (non-hydrogen) atoms. The fraction of sp³-hybridized carbons (Fsp3) is 0.526. The number of likely N-dealkylation sites (N-methyl/N-ethyl adjacent to an activating group) is 1. The third-order valence-electron chi connectivity index (χ3n) is 5.68. The zero-order valence-corrected chi connectivity index (χ0v) is 14.6. The molecule has 2 unspecified atom stereocenters. The Morgan fingerprint density at radius 1 is 1.16 bits per heavy atom. The van der Waals surface area contributed by atoms with Crippen molar-refractivity contribution in [2.24, 2.45) is 0 Å². The number of likely N-dealkylation sites (tertiary alicyclic amines) is 2. The molecule has 0 N–H and O–H groups in total. The maximum atomic E-state index is 12.9. The Balaban J connectivity index is 1.55. The molecule has 0 radical (unpaired) electrons. The lowest BCUT2D eigenvalue weighted by Gasteiger charge is -2.33. The normalized spacial score (nSPS) is 24.3. The molecule has 2 fully saturated rings. The van der Waals surface area contributed by atoms with E-state index in [1.165, 1.54) is 17.3 Å². The highest BCUT2D eigenvalue weighted by Crippen LogP contribution is 2.29. The van der Waals surface area contributed by atoms with E-state index in [9.17, 15) is 9.59 Å². The maximum absolute atomic E-state index is 12.9. The van der Waals surface area contributed by atoms with Crippen molar-refractivity contribution in [1.29, 1.82) is 0 Å². The number of carbonyl (C=O) groups is 1. The standard InChI is InChI=1S/C19H24N4O2/c1-21-10-4-8-16(21)17-9-5-11-23(17)18(24)12-22-13-20-15-7-3-2-6-14(15)19(22)25/h2-3,6-7,13,16-17H,4-5,8-12H2,1H3. The van der Waals surface area contributed by atoms with Crippen LogP contribution in [0, 0.1) is 0 Å². The molecule has 6 nitrogen and oxygen atoms in total. The van der Waals surface area contributed by atoms with Crippen molar-refractivity contribution < 1.29 is 4.79 Å². The van der Waals surface area contributed by atoms with Gasteiger partial charge in [-0.25, -0.2) is 4.98 Å². The maximum Gasteiger partial charge on any atom is 0.261 e. The number of fused-ring (bicyclic) bond motifs is 1. The molecule has 2 aliphatic rings. The molecule has 0 spiro atoms. The van der Waals surface area contributed by atoms with Crippen LogP contribution >= 0.6 is 0 Å². The third kappa shape index (κ3) is 2.95. The van der Waals surface area contributed by atoms with Gasteiger partial charge in [0.1, 0.15) is 6.54 Å². The molecular formula is C19H24N4O2. The van der Waals surface area contributed by atoms with Gasteiger partial charge in [0.25, 0.3) is 5.56 Å². The summed E-state index contributed by atoms with van der Waals surface area (Å²) >= 11 is 0. The van der Waals surface area contributed by atoms with Gasteiger partial charge in [0, 0.05) is 18.6 Å². The summed E-state index contributed by atoms with van der Waals surface area (Å²) in [5.41, 5.74) is 0.524. The lowest BCUT2D eigenvalue weighted by atomic mass is 10.0. The van der Waals surface area contributed by atoms with Gasteiger partial charge in [-0.1, -0.05) is 12.1 Å². The second-order valence-corrected chi connectivity index (χ2v) is 7.18. The summed E-state index contributed by atoms with van der Waals surface area (Å²) in [6.07, 6.45) is 5.96. The van der Waals surface area contributed by atoms with E-state index in [-0.39, 0.29) is 24.1 Å². The first-order valence-corrected chi connectivity index (χ1v) is 9.09. The summed E-state index contributed by atoms with van der Waals surface area (Å²) in [6, 6.07) is 8.00. The Hall–Kier alpha value is -2.21. The van der Waals surface area contributed by atoms with Crippen molar-refractivity contribution >= 4 is 16.8 Å². The van der Waals surface area contributed by atoms with E-state index in [1.807, 2.05) is 23.1 Å². The minimum atomic E-state index is -0.146. The number of aromatic nitrogens is 2. The van der Waals surface area contributed by atoms with Crippen LogP contribution in [-0.2, 0) is 11.3 Å². The summed E-state index contributed by atoms with van der Waals surface area (Å²) in [4.78, 5) is 34.2. The van der Waals surface area contributed by atoms with E-state index in [1.54, 1.807) is 6.07 Å². The van der Waals surface area contributed by atoms with Crippen LogP contribution in [0.4, 0.5) is 0 Å². The predicted molar refractivity (Wildman–Crippen MR) is 96.4 cm³/mol. The van der Waals surface area contributed by atoms with Crippen molar-refractivity contribution in [1.82, 2.24) is 19.4 Å². The molecular weight excluding hydrogens is 316 g/mol. The van der Waals surface area contributed by atoms with E-state index in [0.29, 0.717) is 16.9 Å². The number of nitrogens with zero attached hydrogens (tertiary/aromatic N) is 4. The average Bonchev–Trinajstić information content (AvgIpc) is 3.26.